The van der Waals surface area contributed by atoms with E-state index in [0.29, 0.717) is 0 Å². The van der Waals surface area contributed by atoms with Gasteiger partial charge in [0.05, 0.1) is 0 Å². The second-order valence-corrected chi connectivity index (χ2v) is 4.18. The highest BCUT2D eigenvalue weighted by Gasteiger charge is 2.23. The van der Waals surface area contributed by atoms with Crippen LogP contribution in [0.4, 0.5) is 0 Å². The summed E-state index contributed by atoms with van der Waals surface area (Å²) in [6, 6.07) is 0.185. The van der Waals surface area contributed by atoms with E-state index in [1.165, 1.54) is 0 Å². The molecule has 1 amide bonds. The molecule has 0 bridgehead atoms. The third-order valence-corrected chi connectivity index (χ3v) is 2.86. The summed E-state index contributed by atoms with van der Waals surface area (Å²) in [5.74, 6) is -1.34. The van der Waals surface area contributed by atoms with E-state index >= 15 is 0 Å². The lowest BCUT2D eigenvalue weighted by Gasteiger charge is -2.35. The number of nitrogens with zero attached hydrogens (tertiary/aromatic N) is 2. The standard InChI is InChI=1S/C11H18N2O3/c1-12-7-3-4-9(8-12)13(2)10(14)5-6-11(15)16/h5-6,9H,3-4,7-8H2,1-2H3,(H,15,16). The average molecular weight is 226 g/mol. The predicted molar refractivity (Wildman–Crippen MR) is 60.1 cm³/mol. The summed E-state index contributed by atoms with van der Waals surface area (Å²) in [5, 5.41) is 8.43. The monoisotopic (exact) mass is 226 g/mol. The molecule has 5 heteroatoms. The van der Waals surface area contributed by atoms with Crippen molar-refractivity contribution < 1.29 is 14.7 Å². The van der Waals surface area contributed by atoms with Gasteiger partial charge in [0.1, 0.15) is 0 Å². The maximum absolute atomic E-state index is 11.6. The quantitative estimate of drug-likeness (QED) is 0.697. The number of aliphatic carboxylic acids is 1. The zero-order valence-corrected chi connectivity index (χ0v) is 9.72. The van der Waals surface area contributed by atoms with Gasteiger partial charge in [0.2, 0.25) is 5.91 Å². The molecule has 1 aliphatic rings. The molecule has 1 rings (SSSR count). The number of hydrogen-bond acceptors (Lipinski definition) is 3. The van der Waals surface area contributed by atoms with E-state index in [2.05, 4.69) is 4.90 Å². The predicted octanol–water partition coefficient (Wildman–Crippen LogP) is 0.180. The van der Waals surface area contributed by atoms with Gasteiger partial charge in [-0.05, 0) is 26.4 Å². The second kappa shape index (κ2) is 5.65. The molecular formula is C11H18N2O3. The van der Waals surface area contributed by atoms with Gasteiger partial charge in [-0.15, -0.1) is 0 Å². The van der Waals surface area contributed by atoms with Crippen LogP contribution >= 0.6 is 0 Å². The van der Waals surface area contributed by atoms with Crippen molar-refractivity contribution in [2.24, 2.45) is 0 Å². The number of likely N-dealkylation sites (tertiary alicyclic amines) is 1. The Balaban J connectivity index is 2.52. The Hall–Kier alpha value is -1.36. The van der Waals surface area contributed by atoms with Crippen molar-refractivity contribution in [2.75, 3.05) is 27.2 Å². The van der Waals surface area contributed by atoms with Crippen LogP contribution in [-0.2, 0) is 9.59 Å². The van der Waals surface area contributed by atoms with Crippen LogP contribution in [0.1, 0.15) is 12.8 Å². The van der Waals surface area contributed by atoms with Gasteiger partial charge in [-0.3, -0.25) is 4.79 Å². The van der Waals surface area contributed by atoms with Crippen LogP contribution in [0, 0.1) is 0 Å². The molecule has 0 saturated carbocycles. The van der Waals surface area contributed by atoms with E-state index in [0.717, 1.165) is 38.1 Å². The maximum Gasteiger partial charge on any atom is 0.328 e. The SMILES string of the molecule is CN1CCCC(N(C)C(=O)C=CC(=O)O)C1. The molecule has 0 radical (unpaired) electrons. The summed E-state index contributed by atoms with van der Waals surface area (Å²) < 4.78 is 0. The molecule has 16 heavy (non-hydrogen) atoms. The van der Waals surface area contributed by atoms with Gasteiger partial charge in [-0.1, -0.05) is 0 Å². The van der Waals surface area contributed by atoms with Gasteiger partial charge in [0, 0.05) is 31.8 Å². The first-order valence-electron chi connectivity index (χ1n) is 5.37. The van der Waals surface area contributed by atoms with E-state index in [9.17, 15) is 9.59 Å². The van der Waals surface area contributed by atoms with Crippen molar-refractivity contribution in [3.63, 3.8) is 0 Å². The number of carbonyl (C=O) groups is 2. The van der Waals surface area contributed by atoms with Crippen molar-refractivity contribution in [3.8, 4) is 0 Å². The van der Waals surface area contributed by atoms with Crippen molar-refractivity contribution in [1.29, 1.82) is 0 Å². The fourth-order valence-corrected chi connectivity index (χ4v) is 1.90. The molecule has 0 spiro atoms. The minimum Gasteiger partial charge on any atom is -0.478 e. The van der Waals surface area contributed by atoms with E-state index < -0.39 is 5.97 Å². The fraction of sp³-hybridized carbons (Fsp3) is 0.636. The number of hydrogen-bond donors (Lipinski definition) is 1. The number of carboxylic acid groups (broad SMARTS) is 1. The minimum atomic E-state index is -1.09. The Morgan fingerprint density at radius 3 is 2.69 bits per heavy atom. The molecule has 1 heterocycles. The summed E-state index contributed by atoms with van der Waals surface area (Å²) in [5.41, 5.74) is 0. The number of carbonyl (C=O) groups excluding carboxylic acids is 1. The fourth-order valence-electron chi connectivity index (χ4n) is 1.90. The van der Waals surface area contributed by atoms with E-state index in [4.69, 9.17) is 5.11 Å². The Morgan fingerprint density at radius 1 is 1.44 bits per heavy atom. The van der Waals surface area contributed by atoms with Gasteiger partial charge >= 0.3 is 5.97 Å². The molecule has 5 nitrogen and oxygen atoms in total. The van der Waals surface area contributed by atoms with Crippen molar-refractivity contribution >= 4 is 11.9 Å². The van der Waals surface area contributed by atoms with E-state index in [1.54, 1.807) is 11.9 Å². The van der Waals surface area contributed by atoms with E-state index in [-0.39, 0.29) is 11.9 Å². The summed E-state index contributed by atoms with van der Waals surface area (Å²) in [6.45, 7) is 1.91. The van der Waals surface area contributed by atoms with Crippen LogP contribution in [0.15, 0.2) is 12.2 Å². The number of piperidine rings is 1. The number of carboxylic acids is 1. The smallest absolute Gasteiger partial charge is 0.328 e. The number of likely N-dealkylation sites (N-methyl/N-ethyl adjacent to an activating group) is 2. The van der Waals surface area contributed by atoms with Gasteiger partial charge < -0.3 is 14.9 Å². The Kier molecular flexibility index (Phi) is 4.49. The molecule has 0 aromatic heterocycles. The summed E-state index contributed by atoms with van der Waals surface area (Å²) >= 11 is 0. The van der Waals surface area contributed by atoms with Crippen molar-refractivity contribution in [3.05, 3.63) is 12.2 Å². The summed E-state index contributed by atoms with van der Waals surface area (Å²) in [4.78, 5) is 25.7. The van der Waals surface area contributed by atoms with Crippen LogP contribution in [0.2, 0.25) is 0 Å². The summed E-state index contributed by atoms with van der Waals surface area (Å²) in [6.07, 6.45) is 4.04. The van der Waals surface area contributed by atoms with Crippen LogP contribution in [0.25, 0.3) is 0 Å². The van der Waals surface area contributed by atoms with Gasteiger partial charge in [-0.25, -0.2) is 4.79 Å². The zero-order chi connectivity index (χ0) is 12.1. The molecule has 1 saturated heterocycles. The van der Waals surface area contributed by atoms with Gasteiger partial charge in [0.15, 0.2) is 0 Å². The highest BCUT2D eigenvalue weighted by molar-refractivity contribution is 5.93. The lowest BCUT2D eigenvalue weighted by Crippen LogP contribution is -2.46. The first-order valence-corrected chi connectivity index (χ1v) is 5.37. The normalized spacial score (nSPS) is 22.2. The number of amides is 1. The third kappa shape index (κ3) is 3.66. The minimum absolute atomic E-state index is 0.185. The highest BCUT2D eigenvalue weighted by Crippen LogP contribution is 2.13. The second-order valence-electron chi connectivity index (χ2n) is 4.18. The Morgan fingerprint density at radius 2 is 2.12 bits per heavy atom. The van der Waals surface area contributed by atoms with Crippen LogP contribution < -0.4 is 0 Å². The number of rotatable bonds is 3. The van der Waals surface area contributed by atoms with Crippen molar-refractivity contribution in [1.82, 2.24) is 9.80 Å². The maximum atomic E-state index is 11.6. The van der Waals surface area contributed by atoms with Crippen LogP contribution in [0.3, 0.4) is 0 Å². The molecule has 1 N–H and O–H groups in total. The van der Waals surface area contributed by atoms with Gasteiger partial charge in [-0.2, -0.15) is 0 Å². The molecule has 1 atom stereocenters. The van der Waals surface area contributed by atoms with E-state index in [1.807, 2.05) is 7.05 Å². The molecule has 1 fully saturated rings. The molecule has 0 aliphatic carbocycles. The lowest BCUT2D eigenvalue weighted by molar-refractivity contribution is -0.132. The van der Waals surface area contributed by atoms with Gasteiger partial charge in [0.25, 0.3) is 0 Å². The first-order chi connectivity index (χ1) is 7.50. The Labute approximate surface area is 95.3 Å². The molecule has 1 aliphatic heterocycles. The Bertz CT molecular complexity index is 302. The topological polar surface area (TPSA) is 60.9 Å². The summed E-state index contributed by atoms with van der Waals surface area (Å²) in [7, 11) is 3.75. The zero-order valence-electron chi connectivity index (χ0n) is 9.72. The average Bonchev–Trinajstić information content (AvgIpc) is 2.24. The van der Waals surface area contributed by atoms with Crippen LogP contribution in [0.5, 0.6) is 0 Å². The molecule has 1 unspecified atom stereocenters. The lowest BCUT2D eigenvalue weighted by atomic mass is 10.1. The highest BCUT2D eigenvalue weighted by atomic mass is 16.4. The first kappa shape index (κ1) is 12.7. The largest absolute Gasteiger partial charge is 0.478 e. The molecule has 0 aromatic rings. The van der Waals surface area contributed by atoms with Crippen molar-refractivity contribution in [2.45, 2.75) is 18.9 Å². The third-order valence-electron chi connectivity index (χ3n) is 2.86. The molecular weight excluding hydrogens is 208 g/mol. The van der Waals surface area contributed by atoms with Crippen LogP contribution in [-0.4, -0.2) is 60.0 Å². The molecule has 0 aromatic carbocycles. The molecule has 90 valence electrons.